The average Bonchev–Trinajstić information content (AvgIpc) is 2.92. The highest BCUT2D eigenvalue weighted by molar-refractivity contribution is 5.86. The SMILES string of the molecule is CCC(O)CCNC(=O)NC1CCc2[nH]c3ccc(C)cc3c2C1. The van der Waals surface area contributed by atoms with Crippen molar-refractivity contribution in [3.8, 4) is 0 Å². The molecule has 1 heterocycles. The molecule has 130 valence electrons. The second-order valence-corrected chi connectivity index (χ2v) is 6.82. The van der Waals surface area contributed by atoms with Gasteiger partial charge in [0.1, 0.15) is 0 Å². The number of aliphatic hydroxyl groups is 1. The van der Waals surface area contributed by atoms with Gasteiger partial charge in [0.15, 0.2) is 0 Å². The number of H-pyrrole nitrogens is 1. The van der Waals surface area contributed by atoms with Crippen LogP contribution in [0.4, 0.5) is 4.79 Å². The fourth-order valence-electron chi connectivity index (χ4n) is 3.45. The number of aromatic amines is 1. The average molecular weight is 329 g/mol. The van der Waals surface area contributed by atoms with E-state index in [2.05, 4.69) is 40.7 Å². The number of hydrogen-bond acceptors (Lipinski definition) is 2. The van der Waals surface area contributed by atoms with Crippen molar-refractivity contribution in [3.05, 3.63) is 35.0 Å². The Morgan fingerprint density at radius 3 is 3.08 bits per heavy atom. The lowest BCUT2D eigenvalue weighted by molar-refractivity contribution is 0.160. The predicted molar refractivity (Wildman–Crippen MR) is 96.3 cm³/mol. The number of aliphatic hydroxyl groups excluding tert-OH is 1. The molecule has 1 aliphatic carbocycles. The van der Waals surface area contributed by atoms with Gasteiger partial charge in [-0.2, -0.15) is 0 Å². The largest absolute Gasteiger partial charge is 0.393 e. The van der Waals surface area contributed by atoms with Crippen molar-refractivity contribution in [1.29, 1.82) is 0 Å². The van der Waals surface area contributed by atoms with Gasteiger partial charge < -0.3 is 20.7 Å². The summed E-state index contributed by atoms with van der Waals surface area (Å²) in [5.41, 5.74) is 5.09. The van der Waals surface area contributed by atoms with E-state index in [1.165, 1.54) is 27.7 Å². The second kappa shape index (κ2) is 7.26. The Balaban J connectivity index is 1.59. The number of hydrogen-bond donors (Lipinski definition) is 4. The molecule has 1 aromatic carbocycles. The van der Waals surface area contributed by atoms with Gasteiger partial charge in [-0.05, 0) is 56.7 Å². The van der Waals surface area contributed by atoms with Crippen molar-refractivity contribution in [2.45, 2.75) is 58.1 Å². The van der Waals surface area contributed by atoms with Crippen LogP contribution in [0.3, 0.4) is 0 Å². The first kappa shape index (κ1) is 16.8. The summed E-state index contributed by atoms with van der Waals surface area (Å²) in [6.45, 7) is 4.55. The maximum Gasteiger partial charge on any atom is 0.315 e. The third-order valence-corrected chi connectivity index (χ3v) is 4.91. The van der Waals surface area contributed by atoms with Crippen LogP contribution in [-0.2, 0) is 12.8 Å². The van der Waals surface area contributed by atoms with E-state index < -0.39 is 0 Å². The van der Waals surface area contributed by atoms with Crippen molar-refractivity contribution in [1.82, 2.24) is 15.6 Å². The molecular weight excluding hydrogens is 302 g/mol. The van der Waals surface area contributed by atoms with Crippen LogP contribution in [0.1, 0.15) is 43.0 Å². The monoisotopic (exact) mass is 329 g/mol. The van der Waals surface area contributed by atoms with Gasteiger partial charge in [-0.25, -0.2) is 4.79 Å². The van der Waals surface area contributed by atoms with E-state index in [-0.39, 0.29) is 18.2 Å². The van der Waals surface area contributed by atoms with Crippen LogP contribution in [0.25, 0.3) is 10.9 Å². The maximum absolute atomic E-state index is 12.0. The summed E-state index contributed by atoms with van der Waals surface area (Å²) in [5, 5.41) is 16.7. The molecule has 2 atom stereocenters. The Morgan fingerprint density at radius 2 is 2.29 bits per heavy atom. The highest BCUT2D eigenvalue weighted by atomic mass is 16.3. The molecule has 0 fully saturated rings. The van der Waals surface area contributed by atoms with Crippen LogP contribution < -0.4 is 10.6 Å². The number of amides is 2. The second-order valence-electron chi connectivity index (χ2n) is 6.82. The molecule has 24 heavy (non-hydrogen) atoms. The fourth-order valence-corrected chi connectivity index (χ4v) is 3.45. The molecule has 2 aromatic rings. The first-order chi connectivity index (χ1) is 11.6. The molecule has 1 aliphatic rings. The highest BCUT2D eigenvalue weighted by Crippen LogP contribution is 2.29. The molecule has 0 spiro atoms. The highest BCUT2D eigenvalue weighted by Gasteiger charge is 2.23. The molecule has 5 nitrogen and oxygen atoms in total. The summed E-state index contributed by atoms with van der Waals surface area (Å²) in [7, 11) is 0. The van der Waals surface area contributed by atoms with Crippen LogP contribution in [0.5, 0.6) is 0 Å². The number of rotatable bonds is 5. The molecule has 0 bridgehead atoms. The molecular formula is C19H27N3O2. The van der Waals surface area contributed by atoms with E-state index in [0.717, 1.165) is 19.3 Å². The van der Waals surface area contributed by atoms with E-state index >= 15 is 0 Å². The number of fused-ring (bicyclic) bond motifs is 3. The van der Waals surface area contributed by atoms with Crippen LogP contribution in [0, 0.1) is 6.92 Å². The molecule has 0 saturated carbocycles. The molecule has 0 aliphatic heterocycles. The van der Waals surface area contributed by atoms with Crippen LogP contribution in [0.2, 0.25) is 0 Å². The summed E-state index contributed by atoms with van der Waals surface area (Å²) < 4.78 is 0. The predicted octanol–water partition coefficient (Wildman–Crippen LogP) is 2.79. The topological polar surface area (TPSA) is 77.2 Å². The van der Waals surface area contributed by atoms with Gasteiger partial charge in [0.2, 0.25) is 0 Å². The van der Waals surface area contributed by atoms with E-state index in [1.54, 1.807) is 0 Å². The summed E-state index contributed by atoms with van der Waals surface area (Å²) in [5.74, 6) is 0. The molecule has 0 radical (unpaired) electrons. The Kier molecular flexibility index (Phi) is 5.09. The lowest BCUT2D eigenvalue weighted by Gasteiger charge is -2.24. The van der Waals surface area contributed by atoms with Gasteiger partial charge in [-0.15, -0.1) is 0 Å². The number of carbonyl (C=O) groups excluding carboxylic acids is 1. The van der Waals surface area contributed by atoms with Crippen molar-refractivity contribution >= 4 is 16.9 Å². The van der Waals surface area contributed by atoms with E-state index in [4.69, 9.17) is 0 Å². The van der Waals surface area contributed by atoms with Crippen LogP contribution >= 0.6 is 0 Å². The van der Waals surface area contributed by atoms with Gasteiger partial charge in [-0.3, -0.25) is 0 Å². The Bertz CT molecular complexity index is 723. The molecule has 2 amide bonds. The van der Waals surface area contributed by atoms with Gasteiger partial charge in [-0.1, -0.05) is 18.6 Å². The third-order valence-electron chi connectivity index (χ3n) is 4.91. The molecule has 4 N–H and O–H groups in total. The zero-order valence-corrected chi connectivity index (χ0v) is 14.5. The lowest BCUT2D eigenvalue weighted by Crippen LogP contribution is -2.45. The maximum atomic E-state index is 12.0. The van der Waals surface area contributed by atoms with E-state index in [0.29, 0.717) is 19.4 Å². The number of urea groups is 1. The van der Waals surface area contributed by atoms with Crippen molar-refractivity contribution < 1.29 is 9.90 Å². The summed E-state index contributed by atoms with van der Waals surface area (Å²) in [6.07, 6.45) is 3.75. The molecule has 3 rings (SSSR count). The molecule has 5 heteroatoms. The van der Waals surface area contributed by atoms with Gasteiger partial charge >= 0.3 is 6.03 Å². The zero-order valence-electron chi connectivity index (χ0n) is 14.5. The smallest absolute Gasteiger partial charge is 0.315 e. The van der Waals surface area contributed by atoms with Crippen molar-refractivity contribution in [3.63, 3.8) is 0 Å². The minimum Gasteiger partial charge on any atom is -0.393 e. The number of aryl methyl sites for hydroxylation is 2. The zero-order chi connectivity index (χ0) is 17.1. The Morgan fingerprint density at radius 1 is 1.46 bits per heavy atom. The number of aromatic nitrogens is 1. The van der Waals surface area contributed by atoms with E-state index in [1.807, 2.05) is 6.92 Å². The summed E-state index contributed by atoms with van der Waals surface area (Å²) in [6, 6.07) is 6.50. The Hall–Kier alpha value is -2.01. The molecule has 2 unspecified atom stereocenters. The van der Waals surface area contributed by atoms with Crippen molar-refractivity contribution in [2.75, 3.05) is 6.54 Å². The van der Waals surface area contributed by atoms with Crippen LogP contribution in [0.15, 0.2) is 18.2 Å². The number of nitrogens with one attached hydrogen (secondary N) is 3. The van der Waals surface area contributed by atoms with Gasteiger partial charge in [0.25, 0.3) is 0 Å². The first-order valence-corrected chi connectivity index (χ1v) is 8.89. The number of benzene rings is 1. The van der Waals surface area contributed by atoms with Gasteiger partial charge in [0.05, 0.1) is 6.10 Å². The summed E-state index contributed by atoms with van der Waals surface area (Å²) in [4.78, 5) is 15.6. The number of carbonyl (C=O) groups is 1. The minimum atomic E-state index is -0.336. The molecule has 0 saturated heterocycles. The normalized spacial score (nSPS) is 18.2. The Labute approximate surface area is 142 Å². The van der Waals surface area contributed by atoms with Crippen LogP contribution in [-0.4, -0.2) is 34.8 Å². The van der Waals surface area contributed by atoms with Gasteiger partial charge in [0, 0.05) is 29.2 Å². The van der Waals surface area contributed by atoms with Crippen molar-refractivity contribution in [2.24, 2.45) is 0 Å². The molecule has 1 aromatic heterocycles. The third kappa shape index (κ3) is 3.73. The fraction of sp³-hybridized carbons (Fsp3) is 0.526. The van der Waals surface area contributed by atoms with E-state index in [9.17, 15) is 9.90 Å². The standard InChI is InChI=1S/C19H27N3O2/c1-3-14(23)8-9-20-19(24)21-13-5-7-18-16(11-13)15-10-12(2)4-6-17(15)22-18/h4,6,10,13-14,22-23H,3,5,7-9,11H2,1-2H3,(H2,20,21,24). The first-order valence-electron chi connectivity index (χ1n) is 8.89. The lowest BCUT2D eigenvalue weighted by atomic mass is 9.91. The minimum absolute atomic E-state index is 0.136. The summed E-state index contributed by atoms with van der Waals surface area (Å²) >= 11 is 0. The quantitative estimate of drug-likeness (QED) is 0.681.